The summed E-state index contributed by atoms with van der Waals surface area (Å²) in [5, 5.41) is 10.0. The van der Waals surface area contributed by atoms with E-state index in [1.807, 2.05) is 38.4 Å². The normalized spacial score (nSPS) is 11.5. The van der Waals surface area contributed by atoms with Crippen LogP contribution in [0.1, 0.15) is 22.7 Å². The zero-order valence-electron chi connectivity index (χ0n) is 13.8. The van der Waals surface area contributed by atoms with E-state index in [4.69, 9.17) is 4.74 Å². The average Bonchev–Trinajstić information content (AvgIpc) is 2.93. The quantitative estimate of drug-likeness (QED) is 0.841. The van der Waals surface area contributed by atoms with Gasteiger partial charge in [0.25, 0.3) is 0 Å². The molecule has 0 fully saturated rings. The van der Waals surface area contributed by atoms with Gasteiger partial charge < -0.3 is 15.4 Å². The third-order valence-corrected chi connectivity index (χ3v) is 3.55. The molecule has 1 aromatic carbocycles. The summed E-state index contributed by atoms with van der Waals surface area (Å²) in [5.74, 6) is 0.735. The number of nitrogens with one attached hydrogen (secondary N) is 2. The van der Waals surface area contributed by atoms with Gasteiger partial charge in [0, 0.05) is 25.4 Å². The Kier molecular flexibility index (Phi) is 7.06. The smallest absolute Gasteiger partial charge is 0.242 e. The van der Waals surface area contributed by atoms with Crippen LogP contribution in [0.5, 0.6) is 5.75 Å². The molecule has 126 valence electrons. The van der Waals surface area contributed by atoms with Crippen molar-refractivity contribution in [2.75, 3.05) is 14.2 Å². The van der Waals surface area contributed by atoms with Crippen LogP contribution in [0.15, 0.2) is 30.6 Å². The molecule has 0 spiro atoms. The number of likely N-dealkylation sites (N-methyl/N-ethyl adjacent to an activating group) is 1. The summed E-state index contributed by atoms with van der Waals surface area (Å²) in [7, 11) is 5.23. The van der Waals surface area contributed by atoms with Gasteiger partial charge in [-0.3, -0.25) is 9.48 Å². The van der Waals surface area contributed by atoms with Gasteiger partial charge in [-0.05, 0) is 31.2 Å². The summed E-state index contributed by atoms with van der Waals surface area (Å²) in [6, 6.07) is 5.49. The number of amides is 1. The van der Waals surface area contributed by atoms with Gasteiger partial charge in [0.2, 0.25) is 5.91 Å². The molecule has 0 bridgehead atoms. The van der Waals surface area contributed by atoms with Crippen molar-refractivity contribution in [1.29, 1.82) is 0 Å². The number of aryl methyl sites for hydroxylation is 2. The Balaban J connectivity index is 0.00000264. The molecule has 23 heavy (non-hydrogen) atoms. The first-order valence-corrected chi connectivity index (χ1v) is 7.12. The van der Waals surface area contributed by atoms with E-state index in [2.05, 4.69) is 15.7 Å². The topological polar surface area (TPSA) is 68.2 Å². The Hall–Kier alpha value is -2.05. The lowest BCUT2D eigenvalue weighted by molar-refractivity contribution is -0.123. The summed E-state index contributed by atoms with van der Waals surface area (Å²) in [4.78, 5) is 12.3. The van der Waals surface area contributed by atoms with E-state index < -0.39 is 6.04 Å². The Morgan fingerprint density at radius 1 is 1.43 bits per heavy atom. The first-order valence-electron chi connectivity index (χ1n) is 7.12. The maximum atomic E-state index is 12.3. The van der Waals surface area contributed by atoms with E-state index in [0.717, 1.165) is 22.4 Å². The molecule has 2 N–H and O–H groups in total. The molecule has 1 atom stereocenters. The number of halogens is 1. The summed E-state index contributed by atoms with van der Waals surface area (Å²) < 4.78 is 6.98. The van der Waals surface area contributed by atoms with Crippen LogP contribution in [0.25, 0.3) is 0 Å². The first-order chi connectivity index (χ1) is 10.5. The number of aromatic nitrogens is 2. The molecule has 6 nitrogen and oxygen atoms in total. The highest BCUT2D eigenvalue weighted by atomic mass is 35.5. The van der Waals surface area contributed by atoms with Crippen LogP contribution in [0.4, 0.5) is 0 Å². The second-order valence-electron chi connectivity index (χ2n) is 5.19. The Morgan fingerprint density at radius 3 is 2.74 bits per heavy atom. The van der Waals surface area contributed by atoms with Gasteiger partial charge in [-0.15, -0.1) is 12.4 Å². The molecule has 1 amide bonds. The average molecular weight is 339 g/mol. The minimum Gasteiger partial charge on any atom is -0.496 e. The molecule has 1 unspecified atom stereocenters. The third-order valence-electron chi connectivity index (χ3n) is 3.55. The molecule has 0 saturated heterocycles. The number of ether oxygens (including phenoxy) is 1. The van der Waals surface area contributed by atoms with Gasteiger partial charge in [-0.25, -0.2) is 0 Å². The van der Waals surface area contributed by atoms with Crippen molar-refractivity contribution in [3.8, 4) is 5.75 Å². The minimum atomic E-state index is -0.416. The largest absolute Gasteiger partial charge is 0.496 e. The molecule has 2 aromatic rings. The van der Waals surface area contributed by atoms with Crippen LogP contribution in [0, 0.1) is 6.92 Å². The van der Waals surface area contributed by atoms with E-state index in [9.17, 15) is 4.79 Å². The third kappa shape index (κ3) is 4.71. The highest BCUT2D eigenvalue weighted by Gasteiger charge is 2.19. The standard InChI is InChI=1S/C16H22N4O2.ClH/c1-11-5-6-12(7-14(11)22-4)8-18-16(21)15(17-2)13-9-19-20(3)10-13;/h5-7,9-10,15,17H,8H2,1-4H3,(H,18,21);1H. The first kappa shape index (κ1) is 19.0. The number of carbonyl (C=O) groups is 1. The summed E-state index contributed by atoms with van der Waals surface area (Å²) in [5.41, 5.74) is 2.90. The molecule has 0 radical (unpaired) electrons. The minimum absolute atomic E-state index is 0. The van der Waals surface area contributed by atoms with Crippen LogP contribution in [0.3, 0.4) is 0 Å². The van der Waals surface area contributed by atoms with Gasteiger partial charge in [0.05, 0.1) is 13.3 Å². The van der Waals surface area contributed by atoms with Crippen LogP contribution in [-0.2, 0) is 18.4 Å². The van der Waals surface area contributed by atoms with Crippen molar-refractivity contribution in [2.45, 2.75) is 19.5 Å². The zero-order valence-corrected chi connectivity index (χ0v) is 14.6. The van der Waals surface area contributed by atoms with Crippen molar-refractivity contribution < 1.29 is 9.53 Å². The number of nitrogens with zero attached hydrogens (tertiary/aromatic N) is 2. The summed E-state index contributed by atoms with van der Waals surface area (Å²) in [6.45, 7) is 2.44. The van der Waals surface area contributed by atoms with Gasteiger partial charge in [-0.1, -0.05) is 12.1 Å². The van der Waals surface area contributed by atoms with Crippen molar-refractivity contribution in [1.82, 2.24) is 20.4 Å². The number of hydrogen-bond donors (Lipinski definition) is 2. The maximum absolute atomic E-state index is 12.3. The summed E-state index contributed by atoms with van der Waals surface area (Å²) in [6.07, 6.45) is 3.52. The van der Waals surface area contributed by atoms with Crippen LogP contribution in [0.2, 0.25) is 0 Å². The van der Waals surface area contributed by atoms with Gasteiger partial charge in [0.1, 0.15) is 11.8 Å². The molecule has 2 rings (SSSR count). The number of carbonyl (C=O) groups excluding carboxylic acids is 1. The fourth-order valence-electron chi connectivity index (χ4n) is 2.30. The fourth-order valence-corrected chi connectivity index (χ4v) is 2.30. The number of benzene rings is 1. The van der Waals surface area contributed by atoms with Crippen molar-refractivity contribution in [3.05, 3.63) is 47.3 Å². The SMILES string of the molecule is CNC(C(=O)NCc1ccc(C)c(OC)c1)c1cnn(C)c1.Cl. The second-order valence-corrected chi connectivity index (χ2v) is 5.19. The van der Waals surface area contributed by atoms with E-state index in [-0.39, 0.29) is 18.3 Å². The summed E-state index contributed by atoms with van der Waals surface area (Å²) >= 11 is 0. The molecule has 1 heterocycles. The van der Waals surface area contributed by atoms with Gasteiger partial charge >= 0.3 is 0 Å². The van der Waals surface area contributed by atoms with E-state index in [1.54, 1.807) is 25.0 Å². The van der Waals surface area contributed by atoms with Crippen LogP contribution < -0.4 is 15.4 Å². The van der Waals surface area contributed by atoms with E-state index in [0.29, 0.717) is 6.54 Å². The molecule has 7 heteroatoms. The molecule has 1 aromatic heterocycles. The number of hydrogen-bond acceptors (Lipinski definition) is 4. The fraction of sp³-hybridized carbons (Fsp3) is 0.375. The van der Waals surface area contributed by atoms with Crippen molar-refractivity contribution in [2.24, 2.45) is 7.05 Å². The Morgan fingerprint density at radius 2 is 2.17 bits per heavy atom. The highest BCUT2D eigenvalue weighted by molar-refractivity contribution is 5.85. The molecule has 0 aliphatic carbocycles. The molecule has 0 aliphatic rings. The van der Waals surface area contributed by atoms with Gasteiger partial charge in [-0.2, -0.15) is 5.10 Å². The second kappa shape index (κ2) is 8.55. The molecular formula is C16H23ClN4O2. The van der Waals surface area contributed by atoms with Crippen molar-refractivity contribution in [3.63, 3.8) is 0 Å². The Bertz CT molecular complexity index is 657. The van der Waals surface area contributed by atoms with Crippen LogP contribution >= 0.6 is 12.4 Å². The monoisotopic (exact) mass is 338 g/mol. The predicted octanol–water partition coefficient (Wildman–Crippen LogP) is 1.74. The highest BCUT2D eigenvalue weighted by Crippen LogP contribution is 2.19. The van der Waals surface area contributed by atoms with Crippen LogP contribution in [-0.4, -0.2) is 29.8 Å². The number of methoxy groups -OCH3 is 1. The van der Waals surface area contributed by atoms with Gasteiger partial charge in [0.15, 0.2) is 0 Å². The lowest BCUT2D eigenvalue weighted by Crippen LogP contribution is -2.35. The molecular weight excluding hydrogens is 316 g/mol. The van der Waals surface area contributed by atoms with E-state index in [1.165, 1.54) is 0 Å². The van der Waals surface area contributed by atoms with Crippen molar-refractivity contribution >= 4 is 18.3 Å². The lowest BCUT2D eigenvalue weighted by Gasteiger charge is -2.15. The lowest BCUT2D eigenvalue weighted by atomic mass is 10.1. The number of rotatable bonds is 6. The Labute approximate surface area is 142 Å². The zero-order chi connectivity index (χ0) is 16.1. The predicted molar refractivity (Wildman–Crippen MR) is 91.8 cm³/mol. The van der Waals surface area contributed by atoms with E-state index >= 15 is 0 Å². The maximum Gasteiger partial charge on any atom is 0.242 e. The molecule has 0 saturated carbocycles. The molecule has 0 aliphatic heterocycles.